The van der Waals surface area contributed by atoms with E-state index in [9.17, 15) is 5.11 Å². The minimum Gasteiger partial charge on any atom is -0.391 e. The summed E-state index contributed by atoms with van der Waals surface area (Å²) < 4.78 is 0. The Balaban J connectivity index is 1.81. The third kappa shape index (κ3) is 1.69. The highest BCUT2D eigenvalue weighted by atomic mass is 16.3. The lowest BCUT2D eigenvalue weighted by Gasteiger charge is -2.27. The first-order chi connectivity index (χ1) is 9.33. The van der Waals surface area contributed by atoms with Gasteiger partial charge in [0, 0.05) is 42.7 Å². The van der Waals surface area contributed by atoms with Crippen LogP contribution in [0.1, 0.15) is 24.1 Å². The number of aromatic nitrogens is 1. The van der Waals surface area contributed by atoms with Gasteiger partial charge in [-0.2, -0.15) is 0 Å². The van der Waals surface area contributed by atoms with Crippen molar-refractivity contribution in [1.29, 1.82) is 0 Å². The predicted octanol–water partition coefficient (Wildman–Crippen LogP) is 0.418. The minimum absolute atomic E-state index is 0.194. The Kier molecular flexibility index (Phi) is 2.41. The van der Waals surface area contributed by atoms with E-state index < -0.39 is 0 Å². The molecule has 1 saturated heterocycles. The molecule has 1 fully saturated rings. The zero-order valence-corrected chi connectivity index (χ0v) is 10.8. The number of nitrogens with one attached hydrogen (secondary N) is 2. The molecule has 0 amide bonds. The van der Waals surface area contributed by atoms with Gasteiger partial charge in [0.25, 0.3) is 0 Å². The zero-order valence-electron chi connectivity index (χ0n) is 10.8. The van der Waals surface area contributed by atoms with Crippen molar-refractivity contribution in [2.24, 2.45) is 0 Å². The van der Waals surface area contributed by atoms with Gasteiger partial charge in [-0.25, -0.2) is 0 Å². The van der Waals surface area contributed by atoms with E-state index in [4.69, 9.17) is 0 Å². The molecule has 100 valence electrons. The number of hydrogen-bond acceptors (Lipinski definition) is 5. The van der Waals surface area contributed by atoms with Crippen molar-refractivity contribution in [2.45, 2.75) is 25.5 Å². The number of nitrogens with zero attached hydrogens (tertiary/aromatic N) is 2. The molecule has 3 N–H and O–H groups in total. The topological polar surface area (TPSA) is 60.4 Å². The molecule has 5 nitrogen and oxygen atoms in total. The predicted molar refractivity (Wildman–Crippen MR) is 73.5 cm³/mol. The number of anilines is 1. The second-order valence-corrected chi connectivity index (χ2v) is 5.42. The first-order valence-electron chi connectivity index (χ1n) is 6.95. The van der Waals surface area contributed by atoms with Crippen molar-refractivity contribution in [2.75, 3.05) is 24.5 Å². The molecule has 3 aliphatic heterocycles. The molecule has 0 radical (unpaired) electrons. The van der Waals surface area contributed by atoms with E-state index in [1.54, 1.807) is 0 Å². The molecule has 0 aliphatic carbocycles. The van der Waals surface area contributed by atoms with Crippen LogP contribution < -0.4 is 15.5 Å². The summed E-state index contributed by atoms with van der Waals surface area (Å²) in [5.74, 6) is 1.17. The molecule has 3 aliphatic rings. The van der Waals surface area contributed by atoms with Crippen LogP contribution in [0.4, 0.5) is 5.69 Å². The van der Waals surface area contributed by atoms with Gasteiger partial charge in [-0.15, -0.1) is 0 Å². The lowest BCUT2D eigenvalue weighted by Crippen LogP contribution is -2.29. The molecule has 5 heteroatoms. The molecule has 1 aromatic heterocycles. The van der Waals surface area contributed by atoms with Gasteiger partial charge in [0.1, 0.15) is 5.82 Å². The van der Waals surface area contributed by atoms with Crippen molar-refractivity contribution in [1.82, 2.24) is 15.6 Å². The third-order valence-corrected chi connectivity index (χ3v) is 4.22. The molecular weight excluding hydrogens is 240 g/mol. The number of fused-ring (bicyclic) bond motifs is 2. The summed E-state index contributed by atoms with van der Waals surface area (Å²) in [6, 6.07) is 2.09. The summed E-state index contributed by atoms with van der Waals surface area (Å²) in [6.07, 6.45) is 3.60. The fraction of sp³-hybridized carbons (Fsp3) is 0.500. The number of aliphatic hydroxyl groups excluding tert-OH is 1. The summed E-state index contributed by atoms with van der Waals surface area (Å²) in [4.78, 5) is 6.81. The van der Waals surface area contributed by atoms with Crippen LogP contribution in [-0.4, -0.2) is 35.8 Å². The quantitative estimate of drug-likeness (QED) is 0.681. The van der Waals surface area contributed by atoms with Crippen molar-refractivity contribution in [3.8, 4) is 0 Å². The summed E-state index contributed by atoms with van der Waals surface area (Å²) in [5.41, 5.74) is 5.00. The Bertz CT molecular complexity index is 554. The van der Waals surface area contributed by atoms with Crippen molar-refractivity contribution in [3.63, 3.8) is 0 Å². The van der Waals surface area contributed by atoms with Crippen molar-refractivity contribution in [3.05, 3.63) is 29.3 Å². The summed E-state index contributed by atoms with van der Waals surface area (Å²) in [6.45, 7) is 3.44. The molecule has 0 bridgehead atoms. The van der Waals surface area contributed by atoms with E-state index >= 15 is 0 Å². The van der Waals surface area contributed by atoms with E-state index in [0.29, 0.717) is 0 Å². The summed E-state index contributed by atoms with van der Waals surface area (Å²) in [5, 5.41) is 16.6. The smallest absolute Gasteiger partial charge is 0.103 e. The maximum Gasteiger partial charge on any atom is 0.103 e. The highest BCUT2D eigenvalue weighted by Crippen LogP contribution is 2.37. The normalized spacial score (nSPS) is 24.9. The Hall–Kier alpha value is -1.75. The molecule has 0 aromatic carbocycles. The average Bonchev–Trinajstić information content (AvgIpc) is 3.06. The Morgan fingerprint density at radius 2 is 2.32 bits per heavy atom. The van der Waals surface area contributed by atoms with E-state index in [2.05, 4.69) is 26.6 Å². The van der Waals surface area contributed by atoms with E-state index in [-0.39, 0.29) is 6.10 Å². The van der Waals surface area contributed by atoms with Crippen LogP contribution in [0, 0.1) is 0 Å². The van der Waals surface area contributed by atoms with Crippen LogP contribution in [0.15, 0.2) is 18.1 Å². The maximum absolute atomic E-state index is 9.76. The van der Waals surface area contributed by atoms with Crippen LogP contribution in [0.3, 0.4) is 0 Å². The van der Waals surface area contributed by atoms with E-state index in [1.807, 2.05) is 6.20 Å². The van der Waals surface area contributed by atoms with E-state index in [1.165, 1.54) is 22.6 Å². The number of pyridine rings is 1. The third-order valence-electron chi connectivity index (χ3n) is 4.22. The van der Waals surface area contributed by atoms with Gasteiger partial charge < -0.3 is 20.6 Å². The Labute approximate surface area is 112 Å². The SMILES string of the molecule is O[C@@H]1CCN(c2ccnc3c2C2=C(NCC2)NC3)C1. The van der Waals surface area contributed by atoms with Crippen LogP contribution in [0.2, 0.25) is 0 Å². The van der Waals surface area contributed by atoms with Gasteiger partial charge in [0.2, 0.25) is 0 Å². The summed E-state index contributed by atoms with van der Waals surface area (Å²) >= 11 is 0. The van der Waals surface area contributed by atoms with Crippen LogP contribution in [0.25, 0.3) is 5.57 Å². The van der Waals surface area contributed by atoms with Gasteiger partial charge in [-0.05, 0) is 18.9 Å². The van der Waals surface area contributed by atoms with Gasteiger partial charge in [0.05, 0.1) is 18.3 Å². The highest BCUT2D eigenvalue weighted by Gasteiger charge is 2.29. The highest BCUT2D eigenvalue weighted by molar-refractivity contribution is 5.82. The number of aliphatic hydroxyl groups is 1. The Morgan fingerprint density at radius 3 is 3.16 bits per heavy atom. The second kappa shape index (κ2) is 4.13. The molecule has 1 atom stereocenters. The molecule has 0 saturated carbocycles. The molecule has 0 spiro atoms. The van der Waals surface area contributed by atoms with Crippen LogP contribution in [0.5, 0.6) is 0 Å². The van der Waals surface area contributed by atoms with Crippen LogP contribution in [-0.2, 0) is 6.54 Å². The minimum atomic E-state index is -0.194. The van der Waals surface area contributed by atoms with Crippen molar-refractivity contribution >= 4 is 11.3 Å². The number of β-amino-alcohol motifs (C(OH)–C–C–N with tert-alkyl or cyclic N) is 1. The molecular formula is C14H18N4O. The molecule has 4 rings (SSSR count). The standard InChI is InChI=1S/C14H18N4O/c19-9-3-6-18(8-9)12-2-5-15-11-7-17-14-10(13(11)12)1-4-16-14/h2,5,9,16-17,19H,1,3-4,6-8H2/t9-/m1/s1. The average molecular weight is 258 g/mol. The fourth-order valence-corrected chi connectivity index (χ4v) is 3.32. The first kappa shape index (κ1) is 11.1. The van der Waals surface area contributed by atoms with Crippen molar-refractivity contribution < 1.29 is 5.11 Å². The zero-order chi connectivity index (χ0) is 12.8. The lowest BCUT2D eigenvalue weighted by atomic mass is 9.97. The second-order valence-electron chi connectivity index (χ2n) is 5.42. The maximum atomic E-state index is 9.76. The number of rotatable bonds is 1. The molecule has 4 heterocycles. The number of hydrogen-bond donors (Lipinski definition) is 3. The molecule has 1 aromatic rings. The summed E-state index contributed by atoms with van der Waals surface area (Å²) in [7, 11) is 0. The molecule has 0 unspecified atom stereocenters. The van der Waals surface area contributed by atoms with E-state index in [0.717, 1.165) is 44.7 Å². The largest absolute Gasteiger partial charge is 0.391 e. The van der Waals surface area contributed by atoms with Gasteiger partial charge in [0.15, 0.2) is 0 Å². The van der Waals surface area contributed by atoms with Crippen LogP contribution >= 0.6 is 0 Å². The van der Waals surface area contributed by atoms with Gasteiger partial charge in [-0.3, -0.25) is 4.98 Å². The molecule has 19 heavy (non-hydrogen) atoms. The van der Waals surface area contributed by atoms with Gasteiger partial charge in [-0.1, -0.05) is 0 Å². The lowest BCUT2D eigenvalue weighted by molar-refractivity contribution is 0.198. The Morgan fingerprint density at radius 1 is 1.37 bits per heavy atom. The van der Waals surface area contributed by atoms with Gasteiger partial charge >= 0.3 is 0 Å². The fourth-order valence-electron chi connectivity index (χ4n) is 3.32. The first-order valence-corrected chi connectivity index (χ1v) is 6.95. The monoisotopic (exact) mass is 258 g/mol.